The molecule has 7 heteroatoms. The van der Waals surface area contributed by atoms with Gasteiger partial charge in [-0.15, -0.1) is 6.58 Å². The van der Waals surface area contributed by atoms with E-state index in [1.165, 1.54) is 7.11 Å². The molecule has 0 saturated heterocycles. The highest BCUT2D eigenvalue weighted by Crippen LogP contribution is 2.18. The number of hydrogen-bond acceptors (Lipinski definition) is 6. The SMILES string of the molecule is C=CC[C@H](C[C@@H](NC(=O)OCc1ccccc1)C(=O)OC(C)(C)C)C(=O)OC. The first-order valence-electron chi connectivity index (χ1n) is 9.05. The van der Waals surface area contributed by atoms with Crippen LogP contribution in [0.4, 0.5) is 4.79 Å². The smallest absolute Gasteiger partial charge is 0.408 e. The predicted octanol–water partition coefficient (Wildman–Crippen LogP) is 3.38. The molecule has 1 amide bonds. The number of carbonyl (C=O) groups is 3. The van der Waals surface area contributed by atoms with Crippen molar-refractivity contribution in [2.75, 3.05) is 7.11 Å². The van der Waals surface area contributed by atoms with Gasteiger partial charge in [-0.05, 0) is 39.2 Å². The summed E-state index contributed by atoms with van der Waals surface area (Å²) in [4.78, 5) is 36.7. The van der Waals surface area contributed by atoms with Gasteiger partial charge in [-0.1, -0.05) is 36.4 Å². The largest absolute Gasteiger partial charge is 0.469 e. The number of esters is 2. The van der Waals surface area contributed by atoms with Crippen LogP contribution in [0.2, 0.25) is 0 Å². The minimum absolute atomic E-state index is 0.00798. The molecule has 0 aromatic heterocycles. The van der Waals surface area contributed by atoms with Crippen LogP contribution in [-0.2, 0) is 30.4 Å². The van der Waals surface area contributed by atoms with E-state index in [1.807, 2.05) is 30.3 Å². The maximum atomic E-state index is 12.5. The highest BCUT2D eigenvalue weighted by molar-refractivity contribution is 5.82. The maximum absolute atomic E-state index is 12.5. The third-order valence-electron chi connectivity index (χ3n) is 3.70. The lowest BCUT2D eigenvalue weighted by molar-refractivity contribution is -0.158. The summed E-state index contributed by atoms with van der Waals surface area (Å²) in [6.45, 7) is 8.83. The van der Waals surface area contributed by atoms with Crippen molar-refractivity contribution in [1.29, 1.82) is 0 Å². The average Bonchev–Trinajstić information content (AvgIpc) is 2.64. The quantitative estimate of drug-likeness (QED) is 0.394. The van der Waals surface area contributed by atoms with Crippen LogP contribution in [-0.4, -0.2) is 36.8 Å². The molecule has 1 aromatic rings. The second-order valence-electron chi connectivity index (χ2n) is 7.27. The van der Waals surface area contributed by atoms with E-state index in [1.54, 1.807) is 26.8 Å². The van der Waals surface area contributed by atoms with Gasteiger partial charge in [0, 0.05) is 0 Å². The zero-order valence-corrected chi connectivity index (χ0v) is 16.9. The highest BCUT2D eigenvalue weighted by Gasteiger charge is 2.32. The Bertz CT molecular complexity index is 665. The third kappa shape index (κ3) is 8.70. The Morgan fingerprint density at radius 3 is 2.32 bits per heavy atom. The van der Waals surface area contributed by atoms with Gasteiger partial charge in [-0.25, -0.2) is 9.59 Å². The summed E-state index contributed by atoms with van der Waals surface area (Å²) in [5, 5.41) is 2.50. The number of allylic oxidation sites excluding steroid dienone is 1. The third-order valence-corrected chi connectivity index (χ3v) is 3.70. The lowest BCUT2D eigenvalue weighted by Crippen LogP contribution is -2.46. The number of carbonyl (C=O) groups excluding carboxylic acids is 3. The fourth-order valence-corrected chi connectivity index (χ4v) is 2.44. The Morgan fingerprint density at radius 2 is 1.79 bits per heavy atom. The van der Waals surface area contributed by atoms with Crippen molar-refractivity contribution in [1.82, 2.24) is 5.32 Å². The summed E-state index contributed by atoms with van der Waals surface area (Å²) in [6.07, 6.45) is 1.09. The van der Waals surface area contributed by atoms with Gasteiger partial charge >= 0.3 is 18.0 Å². The molecule has 0 unspecified atom stereocenters. The molecule has 0 aliphatic rings. The Kier molecular flexibility index (Phi) is 9.21. The van der Waals surface area contributed by atoms with Gasteiger partial charge < -0.3 is 19.5 Å². The van der Waals surface area contributed by atoms with Crippen LogP contribution < -0.4 is 5.32 Å². The molecule has 1 rings (SSSR count). The van der Waals surface area contributed by atoms with Gasteiger partial charge in [0.05, 0.1) is 13.0 Å². The molecule has 2 atom stereocenters. The lowest BCUT2D eigenvalue weighted by atomic mass is 9.96. The second kappa shape index (κ2) is 11.1. The van der Waals surface area contributed by atoms with E-state index in [9.17, 15) is 14.4 Å². The topological polar surface area (TPSA) is 90.9 Å². The van der Waals surface area contributed by atoms with Crippen LogP contribution in [0.5, 0.6) is 0 Å². The number of methoxy groups -OCH3 is 1. The van der Waals surface area contributed by atoms with Gasteiger partial charge in [0.2, 0.25) is 0 Å². The van der Waals surface area contributed by atoms with E-state index in [-0.39, 0.29) is 13.0 Å². The highest BCUT2D eigenvalue weighted by atomic mass is 16.6. The van der Waals surface area contributed by atoms with Crippen molar-refractivity contribution in [3.8, 4) is 0 Å². The van der Waals surface area contributed by atoms with Crippen molar-refractivity contribution < 1.29 is 28.6 Å². The molecule has 0 aliphatic heterocycles. The summed E-state index contributed by atoms with van der Waals surface area (Å²) >= 11 is 0. The molecule has 28 heavy (non-hydrogen) atoms. The molecule has 1 N–H and O–H groups in total. The molecule has 0 heterocycles. The van der Waals surface area contributed by atoms with Crippen LogP contribution in [0.1, 0.15) is 39.2 Å². The van der Waals surface area contributed by atoms with Crippen molar-refractivity contribution in [2.24, 2.45) is 5.92 Å². The minimum atomic E-state index is -1.06. The first-order chi connectivity index (χ1) is 13.2. The van der Waals surface area contributed by atoms with Crippen LogP contribution in [0.25, 0.3) is 0 Å². The number of nitrogens with one attached hydrogen (secondary N) is 1. The number of hydrogen-bond donors (Lipinski definition) is 1. The fraction of sp³-hybridized carbons (Fsp3) is 0.476. The van der Waals surface area contributed by atoms with E-state index in [0.29, 0.717) is 6.42 Å². The first-order valence-corrected chi connectivity index (χ1v) is 9.05. The molecule has 7 nitrogen and oxygen atoms in total. The van der Waals surface area contributed by atoms with Crippen molar-refractivity contribution in [3.05, 3.63) is 48.6 Å². The molecule has 0 radical (unpaired) electrons. The molecule has 0 bridgehead atoms. The van der Waals surface area contributed by atoms with Crippen LogP contribution in [0.3, 0.4) is 0 Å². The van der Waals surface area contributed by atoms with Gasteiger partial charge in [0.15, 0.2) is 0 Å². The van der Waals surface area contributed by atoms with Gasteiger partial charge in [0.1, 0.15) is 18.2 Å². The maximum Gasteiger partial charge on any atom is 0.408 e. The average molecular weight is 391 g/mol. The van der Waals surface area contributed by atoms with Crippen LogP contribution in [0.15, 0.2) is 43.0 Å². The van der Waals surface area contributed by atoms with Gasteiger partial charge in [0.25, 0.3) is 0 Å². The fourth-order valence-electron chi connectivity index (χ4n) is 2.44. The number of benzene rings is 1. The monoisotopic (exact) mass is 391 g/mol. The van der Waals surface area contributed by atoms with Crippen LogP contribution >= 0.6 is 0 Å². The van der Waals surface area contributed by atoms with Gasteiger partial charge in [-0.3, -0.25) is 4.79 Å². The minimum Gasteiger partial charge on any atom is -0.469 e. The van der Waals surface area contributed by atoms with Gasteiger partial charge in [-0.2, -0.15) is 0 Å². The van der Waals surface area contributed by atoms with Crippen molar-refractivity contribution in [3.63, 3.8) is 0 Å². The number of rotatable bonds is 9. The molecule has 1 aromatic carbocycles. The van der Waals surface area contributed by atoms with Crippen LogP contribution in [0, 0.1) is 5.92 Å². The van der Waals surface area contributed by atoms with Crippen molar-refractivity contribution >= 4 is 18.0 Å². The number of alkyl carbamates (subject to hydrolysis) is 1. The standard InChI is InChI=1S/C21H29NO6/c1-6-10-16(18(23)26-5)13-17(19(24)28-21(2,3)4)22-20(25)27-14-15-11-8-7-9-12-15/h6-9,11-12,16-17H,1,10,13-14H2,2-5H3,(H,22,25)/t16-,17-/m1/s1. The van der Waals surface area contributed by atoms with E-state index < -0.39 is 35.6 Å². The number of ether oxygens (including phenoxy) is 3. The molecule has 0 spiro atoms. The molecule has 154 valence electrons. The van der Waals surface area contributed by atoms with E-state index in [0.717, 1.165) is 5.56 Å². The molecule has 0 saturated carbocycles. The summed E-state index contributed by atoms with van der Waals surface area (Å²) in [5.41, 5.74) is 0.0648. The Balaban J connectivity index is 2.83. The van der Waals surface area contributed by atoms with E-state index >= 15 is 0 Å². The summed E-state index contributed by atoms with van der Waals surface area (Å²) < 4.78 is 15.3. The molecular formula is C21H29NO6. The second-order valence-corrected chi connectivity index (χ2v) is 7.27. The summed E-state index contributed by atoms with van der Waals surface area (Å²) in [5.74, 6) is -1.79. The molecule has 0 fully saturated rings. The molecule has 0 aliphatic carbocycles. The van der Waals surface area contributed by atoms with E-state index in [2.05, 4.69) is 11.9 Å². The number of amides is 1. The summed E-state index contributed by atoms with van der Waals surface area (Å²) in [6, 6.07) is 8.08. The predicted molar refractivity (Wildman–Crippen MR) is 104 cm³/mol. The Hall–Kier alpha value is -2.83. The summed E-state index contributed by atoms with van der Waals surface area (Å²) in [7, 11) is 1.27. The van der Waals surface area contributed by atoms with Crippen molar-refractivity contribution in [2.45, 2.75) is 51.9 Å². The molecular weight excluding hydrogens is 362 g/mol. The lowest BCUT2D eigenvalue weighted by Gasteiger charge is -2.26. The first kappa shape index (κ1) is 23.2. The normalized spacial score (nSPS) is 13.0. The Morgan fingerprint density at radius 1 is 1.14 bits per heavy atom. The zero-order chi connectivity index (χ0) is 21.2. The Labute approximate surface area is 166 Å². The van der Waals surface area contributed by atoms with E-state index in [4.69, 9.17) is 14.2 Å². The zero-order valence-electron chi connectivity index (χ0n) is 16.9.